The van der Waals surface area contributed by atoms with Gasteiger partial charge in [-0.25, -0.2) is 0 Å². The highest BCUT2D eigenvalue weighted by molar-refractivity contribution is 9.10. The zero-order valence-corrected chi connectivity index (χ0v) is 14.7. The van der Waals surface area contributed by atoms with Gasteiger partial charge in [0, 0.05) is 15.2 Å². The number of halogens is 2. The van der Waals surface area contributed by atoms with Crippen LogP contribution in [0, 0.1) is 0 Å². The highest BCUT2D eigenvalue weighted by Crippen LogP contribution is 2.23. The summed E-state index contributed by atoms with van der Waals surface area (Å²) in [6.07, 6.45) is 0.637. The summed E-state index contributed by atoms with van der Waals surface area (Å²) < 4.78 is 6.72. The maximum atomic E-state index is 5.97. The average molecular weight is 396 g/mol. The second kappa shape index (κ2) is 7.31. The predicted molar refractivity (Wildman–Crippen MR) is 92.3 cm³/mol. The van der Waals surface area contributed by atoms with Crippen molar-refractivity contribution in [2.24, 2.45) is 0 Å². The van der Waals surface area contributed by atoms with Crippen LogP contribution in [0.4, 0.5) is 0 Å². The van der Waals surface area contributed by atoms with E-state index in [0.29, 0.717) is 17.5 Å². The van der Waals surface area contributed by atoms with Crippen molar-refractivity contribution in [2.45, 2.75) is 17.4 Å². The topological polar surface area (TPSA) is 38.9 Å². The Morgan fingerprint density at radius 2 is 1.86 bits per heavy atom. The van der Waals surface area contributed by atoms with Gasteiger partial charge in [0.2, 0.25) is 5.89 Å². The van der Waals surface area contributed by atoms with Crippen LogP contribution < -0.4 is 0 Å². The molecule has 0 aliphatic heterocycles. The fourth-order valence-electron chi connectivity index (χ4n) is 1.92. The zero-order valence-electron chi connectivity index (χ0n) is 11.5. The lowest BCUT2D eigenvalue weighted by molar-refractivity contribution is 0.420. The third kappa shape index (κ3) is 4.35. The molecule has 0 aliphatic rings. The number of aromatic nitrogens is 2. The van der Waals surface area contributed by atoms with E-state index in [1.54, 1.807) is 0 Å². The molecule has 0 aliphatic carbocycles. The average Bonchev–Trinajstić information content (AvgIpc) is 2.95. The molecular weight excluding hydrogens is 384 g/mol. The van der Waals surface area contributed by atoms with E-state index in [1.165, 1.54) is 11.8 Å². The molecule has 0 saturated carbocycles. The van der Waals surface area contributed by atoms with Crippen molar-refractivity contribution < 1.29 is 4.42 Å². The number of hydrogen-bond acceptors (Lipinski definition) is 4. The Bertz CT molecular complexity index is 761. The molecule has 3 rings (SSSR count). The smallest absolute Gasteiger partial charge is 0.276 e. The monoisotopic (exact) mass is 394 g/mol. The van der Waals surface area contributed by atoms with Gasteiger partial charge in [0.1, 0.15) is 0 Å². The first kappa shape index (κ1) is 15.6. The highest BCUT2D eigenvalue weighted by Gasteiger charge is 2.08. The molecule has 0 N–H and O–H groups in total. The molecule has 0 unspecified atom stereocenters. The molecule has 0 bridgehead atoms. The van der Waals surface area contributed by atoms with E-state index < -0.39 is 0 Å². The largest absolute Gasteiger partial charge is 0.416 e. The van der Waals surface area contributed by atoms with Crippen LogP contribution >= 0.6 is 39.3 Å². The minimum absolute atomic E-state index is 0.576. The molecule has 2 aromatic carbocycles. The predicted octanol–water partition coefficient (Wildman–Crippen LogP) is 5.37. The van der Waals surface area contributed by atoms with Gasteiger partial charge in [-0.2, -0.15) is 0 Å². The van der Waals surface area contributed by atoms with Crippen molar-refractivity contribution in [3.05, 3.63) is 75.0 Å². The van der Waals surface area contributed by atoms with Gasteiger partial charge in [0.25, 0.3) is 5.22 Å². The van der Waals surface area contributed by atoms with Crippen LogP contribution in [0.3, 0.4) is 0 Å². The van der Waals surface area contributed by atoms with E-state index in [4.69, 9.17) is 16.0 Å². The van der Waals surface area contributed by atoms with Crippen molar-refractivity contribution in [3.8, 4) is 0 Å². The van der Waals surface area contributed by atoms with Gasteiger partial charge >= 0.3 is 0 Å². The van der Waals surface area contributed by atoms with E-state index in [9.17, 15) is 0 Å². The number of hydrogen-bond donors (Lipinski definition) is 0. The first-order valence-electron chi connectivity index (χ1n) is 6.63. The van der Waals surface area contributed by atoms with Crippen molar-refractivity contribution in [2.75, 3.05) is 0 Å². The van der Waals surface area contributed by atoms with Crippen molar-refractivity contribution in [1.82, 2.24) is 10.2 Å². The molecular formula is C16H12BrClN2OS. The Labute approximate surface area is 146 Å². The van der Waals surface area contributed by atoms with E-state index in [1.807, 2.05) is 48.5 Å². The fourth-order valence-corrected chi connectivity index (χ4v) is 3.12. The minimum Gasteiger partial charge on any atom is -0.416 e. The second-order valence-electron chi connectivity index (χ2n) is 4.68. The fraction of sp³-hybridized carbons (Fsp3) is 0.125. The first-order valence-corrected chi connectivity index (χ1v) is 8.79. The third-order valence-electron chi connectivity index (χ3n) is 2.97. The Kier molecular flexibility index (Phi) is 5.18. The number of thioether (sulfide) groups is 1. The summed E-state index contributed by atoms with van der Waals surface area (Å²) in [5.74, 6) is 1.37. The Hall–Kier alpha value is -1.30. The maximum Gasteiger partial charge on any atom is 0.276 e. The summed E-state index contributed by atoms with van der Waals surface area (Å²) in [5, 5.41) is 9.47. The lowest BCUT2D eigenvalue weighted by atomic mass is 10.2. The summed E-state index contributed by atoms with van der Waals surface area (Å²) in [4.78, 5) is 0. The van der Waals surface area contributed by atoms with E-state index in [-0.39, 0.29) is 0 Å². The van der Waals surface area contributed by atoms with Gasteiger partial charge in [0.05, 0.1) is 6.42 Å². The van der Waals surface area contributed by atoms with Gasteiger partial charge in [-0.3, -0.25) is 0 Å². The molecule has 3 nitrogen and oxygen atoms in total. The number of nitrogens with zero attached hydrogens (tertiary/aromatic N) is 2. The van der Waals surface area contributed by atoms with Crippen LogP contribution in [0.1, 0.15) is 17.0 Å². The Morgan fingerprint density at radius 1 is 1.05 bits per heavy atom. The normalized spacial score (nSPS) is 10.8. The first-order chi connectivity index (χ1) is 10.7. The lowest BCUT2D eigenvalue weighted by Gasteiger charge is -1.99. The Morgan fingerprint density at radius 3 is 2.64 bits per heavy atom. The standard InChI is InChI=1S/C16H12BrClN2OS/c17-13-6-4-11(5-7-13)9-15-19-20-16(21-15)22-10-12-2-1-3-14(18)8-12/h1-8H,9-10H2. The van der Waals surface area contributed by atoms with Gasteiger partial charge in [-0.05, 0) is 35.4 Å². The third-order valence-corrected chi connectivity index (χ3v) is 4.62. The van der Waals surface area contributed by atoms with Crippen LogP contribution in [0.5, 0.6) is 0 Å². The summed E-state index contributed by atoms with van der Waals surface area (Å²) >= 11 is 10.9. The zero-order chi connectivity index (χ0) is 15.4. The quantitative estimate of drug-likeness (QED) is 0.544. The van der Waals surface area contributed by atoms with Crippen molar-refractivity contribution in [3.63, 3.8) is 0 Å². The molecule has 112 valence electrons. The molecule has 3 aromatic rings. The Balaban J connectivity index is 1.60. The second-order valence-corrected chi connectivity index (χ2v) is 6.96. The number of rotatable bonds is 5. The van der Waals surface area contributed by atoms with Gasteiger partial charge in [-0.1, -0.05) is 63.6 Å². The van der Waals surface area contributed by atoms with Gasteiger partial charge in [-0.15, -0.1) is 10.2 Å². The van der Waals surface area contributed by atoms with Crippen LogP contribution in [-0.2, 0) is 12.2 Å². The van der Waals surface area contributed by atoms with E-state index in [2.05, 4.69) is 26.1 Å². The lowest BCUT2D eigenvalue weighted by Crippen LogP contribution is -1.87. The molecule has 0 saturated heterocycles. The molecule has 0 atom stereocenters. The van der Waals surface area contributed by atoms with Gasteiger partial charge < -0.3 is 4.42 Å². The van der Waals surface area contributed by atoms with Crippen LogP contribution in [0.15, 0.2) is 62.6 Å². The van der Waals surface area contributed by atoms with Crippen molar-refractivity contribution >= 4 is 39.3 Å². The maximum absolute atomic E-state index is 5.97. The molecule has 6 heteroatoms. The van der Waals surface area contributed by atoms with E-state index in [0.717, 1.165) is 26.4 Å². The molecule has 1 heterocycles. The summed E-state index contributed by atoms with van der Waals surface area (Å²) in [6.45, 7) is 0. The van der Waals surface area contributed by atoms with Crippen LogP contribution in [-0.4, -0.2) is 10.2 Å². The van der Waals surface area contributed by atoms with E-state index >= 15 is 0 Å². The molecule has 1 aromatic heterocycles. The summed E-state index contributed by atoms with van der Waals surface area (Å²) in [5.41, 5.74) is 2.27. The molecule has 22 heavy (non-hydrogen) atoms. The number of benzene rings is 2. The molecule has 0 fully saturated rings. The molecule has 0 amide bonds. The molecule has 0 spiro atoms. The van der Waals surface area contributed by atoms with Gasteiger partial charge in [0.15, 0.2) is 0 Å². The minimum atomic E-state index is 0.576. The van der Waals surface area contributed by atoms with Crippen LogP contribution in [0.25, 0.3) is 0 Å². The summed E-state index contributed by atoms with van der Waals surface area (Å²) in [6, 6.07) is 15.8. The molecule has 0 radical (unpaired) electrons. The SMILES string of the molecule is Clc1cccc(CSc2nnc(Cc3ccc(Br)cc3)o2)c1. The van der Waals surface area contributed by atoms with Crippen LogP contribution in [0.2, 0.25) is 5.02 Å². The van der Waals surface area contributed by atoms with Crippen molar-refractivity contribution in [1.29, 1.82) is 0 Å². The summed E-state index contributed by atoms with van der Waals surface area (Å²) in [7, 11) is 0. The highest BCUT2D eigenvalue weighted by atomic mass is 79.9.